The molecule has 1 amide bonds. The molecular weight excluding hydrogens is 319 g/mol. The standard InChI is InChI=1S/C19H25FN4O/c1-15(12-16-4-2-5-17(20)14-16)13-19(25)23-9-3-6-18(7-10-23)24-11-8-21-22-24/h2,4-5,8,11,14-15,18H,3,6-7,9-10,12-13H2,1H3. The number of amides is 1. The fraction of sp³-hybridized carbons (Fsp3) is 0.526. The normalized spacial score (nSPS) is 19.4. The van der Waals surface area contributed by atoms with Gasteiger partial charge in [-0.25, -0.2) is 9.07 Å². The molecule has 1 aromatic carbocycles. The second-order valence-electron chi connectivity index (χ2n) is 6.99. The first-order valence-electron chi connectivity index (χ1n) is 9.00. The van der Waals surface area contributed by atoms with E-state index in [0.29, 0.717) is 12.5 Å². The van der Waals surface area contributed by atoms with Gasteiger partial charge in [0.05, 0.1) is 12.2 Å². The van der Waals surface area contributed by atoms with Gasteiger partial charge in [0.25, 0.3) is 0 Å². The van der Waals surface area contributed by atoms with E-state index >= 15 is 0 Å². The van der Waals surface area contributed by atoms with Gasteiger partial charge in [0.15, 0.2) is 0 Å². The van der Waals surface area contributed by atoms with Crippen LogP contribution in [-0.4, -0.2) is 38.9 Å². The Hall–Kier alpha value is -2.24. The Morgan fingerprint density at radius 1 is 1.36 bits per heavy atom. The molecule has 6 heteroatoms. The predicted molar refractivity (Wildman–Crippen MR) is 93.4 cm³/mol. The van der Waals surface area contributed by atoms with Crippen molar-refractivity contribution in [1.82, 2.24) is 19.9 Å². The summed E-state index contributed by atoms with van der Waals surface area (Å²) in [6, 6.07) is 6.96. The van der Waals surface area contributed by atoms with Crippen LogP contribution in [0.4, 0.5) is 4.39 Å². The van der Waals surface area contributed by atoms with Crippen LogP contribution in [0.1, 0.15) is 44.2 Å². The summed E-state index contributed by atoms with van der Waals surface area (Å²) in [5.41, 5.74) is 0.947. The van der Waals surface area contributed by atoms with E-state index in [4.69, 9.17) is 0 Å². The Morgan fingerprint density at radius 2 is 2.24 bits per heavy atom. The van der Waals surface area contributed by atoms with E-state index in [0.717, 1.165) is 44.3 Å². The number of hydrogen-bond donors (Lipinski definition) is 0. The molecular formula is C19H25FN4O. The molecule has 2 atom stereocenters. The third-order valence-electron chi connectivity index (χ3n) is 4.86. The van der Waals surface area contributed by atoms with Gasteiger partial charge in [-0.05, 0) is 49.3 Å². The van der Waals surface area contributed by atoms with Crippen LogP contribution in [0.5, 0.6) is 0 Å². The van der Waals surface area contributed by atoms with E-state index in [2.05, 4.69) is 17.2 Å². The molecule has 2 aromatic rings. The molecule has 25 heavy (non-hydrogen) atoms. The molecule has 1 aliphatic heterocycles. The van der Waals surface area contributed by atoms with Gasteiger partial charge >= 0.3 is 0 Å². The second kappa shape index (κ2) is 8.23. The zero-order chi connectivity index (χ0) is 17.6. The lowest BCUT2D eigenvalue weighted by atomic mass is 9.97. The van der Waals surface area contributed by atoms with Gasteiger partial charge in [0.1, 0.15) is 5.82 Å². The van der Waals surface area contributed by atoms with Crippen LogP contribution in [0.15, 0.2) is 36.7 Å². The summed E-state index contributed by atoms with van der Waals surface area (Å²) in [5.74, 6) is 0.175. The van der Waals surface area contributed by atoms with Crippen molar-refractivity contribution in [3.63, 3.8) is 0 Å². The Kier molecular flexibility index (Phi) is 5.79. The van der Waals surface area contributed by atoms with Crippen LogP contribution in [0.3, 0.4) is 0 Å². The predicted octanol–water partition coefficient (Wildman–Crippen LogP) is 3.24. The molecule has 134 valence electrons. The van der Waals surface area contributed by atoms with Crippen LogP contribution in [0, 0.1) is 11.7 Å². The first-order valence-corrected chi connectivity index (χ1v) is 9.00. The average Bonchev–Trinajstić information content (AvgIpc) is 2.99. The largest absolute Gasteiger partial charge is 0.343 e. The number of nitrogens with zero attached hydrogens (tertiary/aromatic N) is 4. The topological polar surface area (TPSA) is 51.0 Å². The first kappa shape index (κ1) is 17.6. The zero-order valence-electron chi connectivity index (χ0n) is 14.6. The van der Waals surface area contributed by atoms with E-state index in [1.165, 1.54) is 6.07 Å². The summed E-state index contributed by atoms with van der Waals surface area (Å²) in [6.07, 6.45) is 7.72. The van der Waals surface area contributed by atoms with Gasteiger partial charge < -0.3 is 4.90 Å². The third kappa shape index (κ3) is 4.87. The summed E-state index contributed by atoms with van der Waals surface area (Å²) < 4.78 is 15.2. The molecule has 0 spiro atoms. The van der Waals surface area contributed by atoms with E-state index in [1.807, 2.05) is 21.8 Å². The van der Waals surface area contributed by atoms with Crippen LogP contribution in [0.25, 0.3) is 0 Å². The molecule has 5 nitrogen and oxygen atoms in total. The average molecular weight is 344 g/mol. The van der Waals surface area contributed by atoms with Gasteiger partial charge in [-0.1, -0.05) is 24.3 Å². The fourth-order valence-electron chi connectivity index (χ4n) is 3.57. The fourth-order valence-corrected chi connectivity index (χ4v) is 3.57. The van der Waals surface area contributed by atoms with Crippen molar-refractivity contribution in [2.45, 2.75) is 45.1 Å². The summed E-state index contributed by atoms with van der Waals surface area (Å²) in [4.78, 5) is 14.6. The van der Waals surface area contributed by atoms with E-state index in [9.17, 15) is 9.18 Å². The molecule has 3 rings (SSSR count). The quantitative estimate of drug-likeness (QED) is 0.837. The number of benzene rings is 1. The number of aromatic nitrogens is 3. The van der Waals surface area contributed by atoms with Crippen LogP contribution in [-0.2, 0) is 11.2 Å². The summed E-state index contributed by atoms with van der Waals surface area (Å²) in [6.45, 7) is 3.62. The Labute approximate surface area is 147 Å². The Morgan fingerprint density at radius 3 is 3.00 bits per heavy atom. The minimum atomic E-state index is -0.220. The first-order chi connectivity index (χ1) is 12.1. The van der Waals surface area contributed by atoms with Gasteiger partial charge in [-0.2, -0.15) is 0 Å². The van der Waals surface area contributed by atoms with E-state index in [-0.39, 0.29) is 17.6 Å². The number of halogens is 1. The number of rotatable bonds is 5. The van der Waals surface area contributed by atoms with E-state index < -0.39 is 0 Å². The minimum Gasteiger partial charge on any atom is -0.343 e. The van der Waals surface area contributed by atoms with Crippen molar-refractivity contribution in [2.75, 3.05) is 13.1 Å². The highest BCUT2D eigenvalue weighted by molar-refractivity contribution is 5.76. The molecule has 0 aliphatic carbocycles. The van der Waals surface area contributed by atoms with Gasteiger partial charge in [0, 0.05) is 25.7 Å². The van der Waals surface area contributed by atoms with Crippen LogP contribution in [0.2, 0.25) is 0 Å². The maximum atomic E-state index is 13.3. The van der Waals surface area contributed by atoms with Crippen LogP contribution < -0.4 is 0 Å². The molecule has 0 bridgehead atoms. The lowest BCUT2D eigenvalue weighted by molar-refractivity contribution is -0.132. The van der Waals surface area contributed by atoms with Crippen molar-refractivity contribution in [2.24, 2.45) is 5.92 Å². The summed E-state index contributed by atoms with van der Waals surface area (Å²) in [7, 11) is 0. The zero-order valence-corrected chi connectivity index (χ0v) is 14.6. The molecule has 0 radical (unpaired) electrons. The molecule has 1 aromatic heterocycles. The van der Waals surface area contributed by atoms with Crippen molar-refractivity contribution in [3.8, 4) is 0 Å². The molecule has 0 saturated carbocycles. The molecule has 1 saturated heterocycles. The third-order valence-corrected chi connectivity index (χ3v) is 4.86. The molecule has 2 unspecified atom stereocenters. The second-order valence-corrected chi connectivity index (χ2v) is 6.99. The molecule has 0 N–H and O–H groups in total. The number of hydrogen-bond acceptors (Lipinski definition) is 3. The Bertz CT molecular complexity index is 688. The smallest absolute Gasteiger partial charge is 0.222 e. The Balaban J connectivity index is 1.50. The lowest BCUT2D eigenvalue weighted by Crippen LogP contribution is -2.33. The summed E-state index contributed by atoms with van der Waals surface area (Å²) >= 11 is 0. The van der Waals surface area contributed by atoms with Gasteiger partial charge in [-0.15, -0.1) is 5.10 Å². The number of carbonyl (C=O) groups is 1. The van der Waals surface area contributed by atoms with Crippen molar-refractivity contribution in [1.29, 1.82) is 0 Å². The maximum absolute atomic E-state index is 13.3. The highest BCUT2D eigenvalue weighted by Gasteiger charge is 2.23. The number of likely N-dealkylation sites (tertiary alicyclic amines) is 1. The van der Waals surface area contributed by atoms with Gasteiger partial charge in [-0.3, -0.25) is 4.79 Å². The summed E-state index contributed by atoms with van der Waals surface area (Å²) in [5, 5.41) is 7.96. The monoisotopic (exact) mass is 344 g/mol. The maximum Gasteiger partial charge on any atom is 0.222 e. The van der Waals surface area contributed by atoms with Crippen LogP contribution >= 0.6 is 0 Å². The number of carbonyl (C=O) groups excluding carboxylic acids is 1. The minimum absolute atomic E-state index is 0.197. The van der Waals surface area contributed by atoms with Crippen molar-refractivity contribution >= 4 is 5.91 Å². The molecule has 1 aliphatic rings. The molecule has 1 fully saturated rings. The molecule has 2 heterocycles. The lowest BCUT2D eigenvalue weighted by Gasteiger charge is -2.22. The van der Waals surface area contributed by atoms with Gasteiger partial charge in [0.2, 0.25) is 5.91 Å². The van der Waals surface area contributed by atoms with E-state index in [1.54, 1.807) is 18.3 Å². The SMILES string of the molecule is CC(CC(=O)N1CCCC(n2ccnn2)CC1)Cc1cccc(F)c1. The highest BCUT2D eigenvalue weighted by Crippen LogP contribution is 2.23. The highest BCUT2D eigenvalue weighted by atomic mass is 19.1. The van der Waals surface area contributed by atoms with Crippen molar-refractivity contribution < 1.29 is 9.18 Å². The van der Waals surface area contributed by atoms with Crippen molar-refractivity contribution in [3.05, 3.63) is 48.0 Å².